The van der Waals surface area contributed by atoms with Crippen molar-refractivity contribution >= 4 is 33.3 Å². The number of pyridine rings is 1. The molecule has 4 rings (SSSR count). The molecule has 0 aliphatic rings. The van der Waals surface area contributed by atoms with E-state index >= 15 is 0 Å². The second kappa shape index (κ2) is 9.52. The molecule has 1 aromatic carbocycles. The summed E-state index contributed by atoms with van der Waals surface area (Å²) in [5.41, 5.74) is 10.1. The van der Waals surface area contributed by atoms with E-state index in [1.165, 1.54) is 12.1 Å². The molecule has 0 unspecified atom stereocenters. The molecule has 1 atom stereocenters. The van der Waals surface area contributed by atoms with Gasteiger partial charge in [0.05, 0.1) is 11.3 Å². The van der Waals surface area contributed by atoms with Gasteiger partial charge in [-0.25, -0.2) is 9.37 Å². The SMILES string of the molecule is CC[n+]1cc(Cc2cn(C)nc2-c2ccc(F)cc2[C@@H](C)Oc2cc(Br)cnc2N)c(Cl)[nH]1. The third-order valence-corrected chi connectivity index (χ3v) is 6.08. The molecule has 172 valence electrons. The largest absolute Gasteiger partial charge is 0.482 e. The quantitative estimate of drug-likeness (QED) is 0.327. The van der Waals surface area contributed by atoms with E-state index in [4.69, 9.17) is 22.1 Å². The number of benzene rings is 1. The molecular weight excluding hydrogens is 511 g/mol. The van der Waals surface area contributed by atoms with Crippen LogP contribution in [0.2, 0.25) is 5.15 Å². The van der Waals surface area contributed by atoms with Crippen molar-refractivity contribution in [2.75, 3.05) is 5.73 Å². The van der Waals surface area contributed by atoms with Crippen LogP contribution in [-0.4, -0.2) is 19.9 Å². The fourth-order valence-electron chi connectivity index (χ4n) is 3.73. The number of nitrogen functional groups attached to an aromatic ring is 1. The summed E-state index contributed by atoms with van der Waals surface area (Å²) in [6.07, 6.45) is 5.58. The lowest BCUT2D eigenvalue weighted by molar-refractivity contribution is -0.747. The molecule has 33 heavy (non-hydrogen) atoms. The highest BCUT2D eigenvalue weighted by Crippen LogP contribution is 2.35. The third-order valence-electron chi connectivity index (χ3n) is 5.32. The van der Waals surface area contributed by atoms with E-state index in [2.05, 4.69) is 31.1 Å². The molecule has 0 saturated carbocycles. The Morgan fingerprint density at radius 3 is 2.85 bits per heavy atom. The van der Waals surface area contributed by atoms with Crippen LogP contribution in [0.1, 0.15) is 36.6 Å². The molecule has 3 N–H and O–H groups in total. The summed E-state index contributed by atoms with van der Waals surface area (Å²) in [5.74, 6) is 0.309. The number of ether oxygens (including phenoxy) is 1. The van der Waals surface area contributed by atoms with Crippen LogP contribution in [0.4, 0.5) is 10.2 Å². The van der Waals surface area contributed by atoms with Gasteiger partial charge < -0.3 is 10.5 Å². The Morgan fingerprint density at radius 2 is 2.12 bits per heavy atom. The zero-order valence-corrected chi connectivity index (χ0v) is 20.8. The van der Waals surface area contributed by atoms with Gasteiger partial charge in [0.25, 0.3) is 0 Å². The first kappa shape index (κ1) is 23.3. The number of aryl methyl sites for hydroxylation is 2. The summed E-state index contributed by atoms with van der Waals surface area (Å²) in [6.45, 7) is 4.66. The van der Waals surface area contributed by atoms with Gasteiger partial charge in [0.15, 0.2) is 23.3 Å². The molecule has 0 bridgehead atoms. The molecule has 4 aromatic rings. The van der Waals surface area contributed by atoms with Crippen LogP contribution in [0.5, 0.6) is 5.75 Å². The number of hydrogen-bond donors (Lipinski definition) is 2. The van der Waals surface area contributed by atoms with Gasteiger partial charge in [0, 0.05) is 47.0 Å². The van der Waals surface area contributed by atoms with Crippen molar-refractivity contribution in [3.8, 4) is 17.0 Å². The number of nitrogens with two attached hydrogens (primary N) is 1. The lowest BCUT2D eigenvalue weighted by Crippen LogP contribution is -2.33. The van der Waals surface area contributed by atoms with E-state index < -0.39 is 6.10 Å². The number of aromatic nitrogens is 5. The molecule has 0 aliphatic heterocycles. The topological polar surface area (TPSA) is 85.6 Å². The van der Waals surface area contributed by atoms with Gasteiger partial charge in [-0.15, -0.1) is 4.68 Å². The number of nitrogens with zero attached hydrogens (tertiary/aromatic N) is 4. The normalized spacial score (nSPS) is 12.2. The fourth-order valence-corrected chi connectivity index (χ4v) is 4.27. The Kier molecular flexibility index (Phi) is 6.71. The predicted octanol–water partition coefficient (Wildman–Crippen LogP) is 4.99. The van der Waals surface area contributed by atoms with Crippen LogP contribution in [0.15, 0.2) is 47.3 Å². The van der Waals surface area contributed by atoms with Crippen LogP contribution in [0.25, 0.3) is 11.3 Å². The number of aromatic amines is 1. The average molecular weight is 535 g/mol. The van der Waals surface area contributed by atoms with E-state index in [1.807, 2.05) is 38.0 Å². The van der Waals surface area contributed by atoms with Crippen molar-refractivity contribution in [1.29, 1.82) is 0 Å². The molecule has 7 nitrogen and oxygen atoms in total. The minimum Gasteiger partial charge on any atom is -0.482 e. The number of nitrogens with one attached hydrogen (secondary N) is 1. The molecule has 3 heterocycles. The smallest absolute Gasteiger partial charge is 0.200 e. The van der Waals surface area contributed by atoms with Crippen LogP contribution in [-0.2, 0) is 20.0 Å². The van der Waals surface area contributed by atoms with Crippen molar-refractivity contribution in [3.63, 3.8) is 0 Å². The van der Waals surface area contributed by atoms with Crippen LogP contribution in [0, 0.1) is 5.82 Å². The highest BCUT2D eigenvalue weighted by molar-refractivity contribution is 9.10. The maximum absolute atomic E-state index is 14.3. The minimum absolute atomic E-state index is 0.257. The van der Waals surface area contributed by atoms with E-state index in [0.29, 0.717) is 22.9 Å². The second-order valence-corrected chi connectivity index (χ2v) is 9.04. The summed E-state index contributed by atoms with van der Waals surface area (Å²) in [7, 11) is 1.86. The fraction of sp³-hybridized carbons (Fsp3) is 0.261. The Morgan fingerprint density at radius 1 is 1.33 bits per heavy atom. The highest BCUT2D eigenvalue weighted by Gasteiger charge is 2.22. The van der Waals surface area contributed by atoms with Gasteiger partial charge >= 0.3 is 0 Å². The van der Waals surface area contributed by atoms with E-state index in [0.717, 1.165) is 33.4 Å². The van der Waals surface area contributed by atoms with Gasteiger partial charge in [0.1, 0.15) is 11.9 Å². The molecule has 0 fully saturated rings. The first-order valence-corrected chi connectivity index (χ1v) is 11.6. The number of rotatable bonds is 7. The second-order valence-electron chi connectivity index (χ2n) is 7.75. The Balaban J connectivity index is 1.73. The summed E-state index contributed by atoms with van der Waals surface area (Å²) >= 11 is 9.78. The number of anilines is 1. The molecule has 0 spiro atoms. The van der Waals surface area contributed by atoms with Crippen molar-refractivity contribution in [2.24, 2.45) is 7.05 Å². The molecule has 3 aromatic heterocycles. The predicted molar refractivity (Wildman–Crippen MR) is 128 cm³/mol. The van der Waals surface area contributed by atoms with E-state index in [-0.39, 0.29) is 11.6 Å². The Labute approximate surface area is 204 Å². The Hall–Kier alpha value is -2.91. The van der Waals surface area contributed by atoms with Gasteiger partial charge in [0.2, 0.25) is 6.20 Å². The minimum atomic E-state index is -0.512. The average Bonchev–Trinajstić information content (AvgIpc) is 3.32. The van der Waals surface area contributed by atoms with Gasteiger partial charge in [-0.1, -0.05) is 11.6 Å². The van der Waals surface area contributed by atoms with Crippen molar-refractivity contribution in [2.45, 2.75) is 32.9 Å². The van der Waals surface area contributed by atoms with Gasteiger partial charge in [-0.3, -0.25) is 4.68 Å². The van der Waals surface area contributed by atoms with E-state index in [1.54, 1.807) is 23.0 Å². The zero-order chi connectivity index (χ0) is 23.7. The third kappa shape index (κ3) is 5.04. The molecule has 0 aliphatic carbocycles. The standard InChI is InChI=1S/C23H23BrClFN6O/c1-4-32-12-15(22(25)30-32)7-14-11-31(3)29-21(14)18-6-5-17(26)9-19(18)13(2)33-20-8-16(24)10-28-23(20)27/h5-6,8-13H,4,7H2,1-3H3,(H2,27,28)/p+1/t13-/m1/s1. The molecule has 0 saturated heterocycles. The van der Waals surface area contributed by atoms with Gasteiger partial charge in [-0.05, 0) is 54.0 Å². The Bertz CT molecular complexity index is 1300. The lowest BCUT2D eigenvalue weighted by Gasteiger charge is -2.19. The van der Waals surface area contributed by atoms with E-state index in [9.17, 15) is 4.39 Å². The van der Waals surface area contributed by atoms with Crippen LogP contribution in [0.3, 0.4) is 0 Å². The van der Waals surface area contributed by atoms with Crippen LogP contribution >= 0.6 is 27.5 Å². The lowest BCUT2D eigenvalue weighted by atomic mass is 9.96. The number of H-pyrrole nitrogens is 1. The molecule has 0 amide bonds. The molecule has 10 heteroatoms. The molecular formula is C23H24BrClFN6O+. The van der Waals surface area contributed by atoms with Crippen molar-refractivity contribution in [3.05, 3.63) is 75.0 Å². The maximum Gasteiger partial charge on any atom is 0.200 e. The van der Waals surface area contributed by atoms with Crippen LogP contribution < -0.4 is 15.2 Å². The summed E-state index contributed by atoms with van der Waals surface area (Å²) in [4.78, 5) is 4.10. The highest BCUT2D eigenvalue weighted by atomic mass is 79.9. The van der Waals surface area contributed by atoms with Crippen molar-refractivity contribution in [1.82, 2.24) is 19.9 Å². The summed E-state index contributed by atoms with van der Waals surface area (Å²) in [5, 5.41) is 8.38. The summed E-state index contributed by atoms with van der Waals surface area (Å²) < 4.78 is 24.8. The molecule has 0 radical (unpaired) electrons. The number of hydrogen-bond acceptors (Lipinski definition) is 4. The van der Waals surface area contributed by atoms with Crippen molar-refractivity contribution < 1.29 is 13.8 Å². The van der Waals surface area contributed by atoms with Gasteiger partial charge in [-0.2, -0.15) is 10.2 Å². The summed E-state index contributed by atoms with van der Waals surface area (Å²) in [6, 6.07) is 6.35. The first-order valence-electron chi connectivity index (χ1n) is 10.4. The maximum atomic E-state index is 14.3. The zero-order valence-electron chi connectivity index (χ0n) is 18.4. The first-order chi connectivity index (χ1) is 15.7. The number of halogens is 3. The monoisotopic (exact) mass is 533 g/mol.